The van der Waals surface area contributed by atoms with E-state index in [1.54, 1.807) is 0 Å². The van der Waals surface area contributed by atoms with Crippen LogP contribution in [0.25, 0.3) is 42.0 Å². The van der Waals surface area contributed by atoms with Gasteiger partial charge in [0, 0.05) is 43.7 Å². The lowest BCUT2D eigenvalue weighted by atomic mass is 10.1. The molecule has 0 aliphatic carbocycles. The zero-order valence-electron chi connectivity index (χ0n) is 21.2. The van der Waals surface area contributed by atoms with Gasteiger partial charge >= 0.3 is 0 Å². The molecule has 0 saturated heterocycles. The van der Waals surface area contributed by atoms with Crippen LogP contribution in [0, 0.1) is 12.1 Å². The lowest BCUT2D eigenvalue weighted by Gasteiger charge is -2.33. The maximum atomic E-state index is 5.27. The fourth-order valence-electron chi connectivity index (χ4n) is 5.70. The monoisotopic (exact) mass is 518 g/mol. The predicted octanol–water partition coefficient (Wildman–Crippen LogP) is 8.06. The minimum atomic E-state index is -0.337. The van der Waals surface area contributed by atoms with E-state index in [4.69, 9.17) is 9.98 Å². The minimum Gasteiger partial charge on any atom is -0.320 e. The number of amidine groups is 2. The Morgan fingerprint density at radius 2 is 1.49 bits per heavy atom. The predicted molar refractivity (Wildman–Crippen MR) is 163 cm³/mol. The summed E-state index contributed by atoms with van der Waals surface area (Å²) in [5.41, 5.74) is 4.26. The molecule has 1 aliphatic rings. The van der Waals surface area contributed by atoms with Gasteiger partial charge in [0.05, 0.1) is 16.4 Å². The highest BCUT2D eigenvalue weighted by molar-refractivity contribution is 7.26. The van der Waals surface area contributed by atoms with Gasteiger partial charge < -0.3 is 4.90 Å². The molecule has 1 aliphatic heterocycles. The molecule has 0 radical (unpaired) electrons. The zero-order valence-corrected chi connectivity index (χ0v) is 22.0. The quantitative estimate of drug-likeness (QED) is 0.233. The van der Waals surface area contributed by atoms with Crippen LogP contribution >= 0.6 is 11.3 Å². The van der Waals surface area contributed by atoms with Crippen LogP contribution in [0.4, 0.5) is 0 Å². The van der Waals surface area contributed by atoms with Gasteiger partial charge in [-0.15, -0.1) is 11.3 Å². The van der Waals surface area contributed by atoms with Gasteiger partial charge in [-0.1, -0.05) is 97.1 Å². The van der Waals surface area contributed by atoms with Gasteiger partial charge in [0.15, 0.2) is 5.84 Å². The van der Waals surface area contributed by atoms with Gasteiger partial charge in [-0.25, -0.2) is 9.98 Å². The van der Waals surface area contributed by atoms with Crippen LogP contribution in [0.1, 0.15) is 17.4 Å². The van der Waals surface area contributed by atoms with E-state index in [1.807, 2.05) is 41.7 Å². The standard InChI is InChI=1S/C34H22N4S/c1-37-33(23-14-6-3-7-15-23)35-32(22-12-4-2-5-13-22)36-34(37)38-27-18-10-8-17-26(27)30-28(38)21-20-25-24-16-9-11-19-29(24)39-31(25)30/h2-7,9-16,18-21,34H,1H3. The Balaban J connectivity index is 1.44. The third kappa shape index (κ3) is 3.32. The summed E-state index contributed by atoms with van der Waals surface area (Å²) in [6.07, 6.45) is -0.337. The number of thiophene rings is 1. The van der Waals surface area contributed by atoms with Crippen molar-refractivity contribution in [3.8, 4) is 0 Å². The maximum absolute atomic E-state index is 5.27. The first-order valence-electron chi connectivity index (χ1n) is 12.9. The molecule has 2 aromatic heterocycles. The molecule has 5 heteroatoms. The van der Waals surface area contributed by atoms with Crippen LogP contribution in [0.15, 0.2) is 119 Å². The molecule has 8 rings (SSSR count). The van der Waals surface area contributed by atoms with Crippen molar-refractivity contribution in [3.05, 3.63) is 132 Å². The van der Waals surface area contributed by atoms with Crippen LogP contribution in [-0.4, -0.2) is 28.2 Å². The first-order valence-corrected chi connectivity index (χ1v) is 13.8. The number of hydrogen-bond donors (Lipinski definition) is 0. The van der Waals surface area contributed by atoms with Crippen LogP contribution in [-0.2, 0) is 0 Å². The summed E-state index contributed by atoms with van der Waals surface area (Å²) in [6.45, 7) is 0. The van der Waals surface area contributed by atoms with Crippen LogP contribution in [0.2, 0.25) is 0 Å². The fraction of sp³-hybridized carbons (Fsp3) is 0.0588. The van der Waals surface area contributed by atoms with Crippen LogP contribution in [0.3, 0.4) is 0 Å². The summed E-state index contributed by atoms with van der Waals surface area (Å²) < 4.78 is 4.90. The molecule has 0 bridgehead atoms. The molecular formula is C34H22N4S. The molecule has 0 fully saturated rings. The second-order valence-electron chi connectivity index (χ2n) is 9.74. The van der Waals surface area contributed by atoms with E-state index < -0.39 is 0 Å². The van der Waals surface area contributed by atoms with Crippen LogP contribution < -0.4 is 0 Å². The second-order valence-corrected chi connectivity index (χ2v) is 10.8. The second kappa shape index (κ2) is 8.56. The number of benzene rings is 4. The summed E-state index contributed by atoms with van der Waals surface area (Å²) in [7, 11) is 2.08. The van der Waals surface area contributed by atoms with E-state index in [-0.39, 0.29) is 6.29 Å². The molecule has 1 unspecified atom stereocenters. The Hall–Kier alpha value is -4.92. The van der Waals surface area contributed by atoms with Gasteiger partial charge in [-0.2, -0.15) is 0 Å². The Kier molecular flexibility index (Phi) is 4.85. The fourth-order valence-corrected chi connectivity index (χ4v) is 6.95. The van der Waals surface area contributed by atoms with Crippen molar-refractivity contribution in [1.29, 1.82) is 0 Å². The molecule has 184 valence electrons. The lowest BCUT2D eigenvalue weighted by Crippen LogP contribution is -2.38. The topological polar surface area (TPSA) is 32.9 Å². The number of aromatic nitrogens is 1. The SMILES string of the molecule is CN1C(c2ccccc2)=NC(c2ccccc2)=NC1n1c2ccc#cc2c2c3sc4ccccc4c3ccc21. The van der Waals surface area contributed by atoms with Crippen molar-refractivity contribution in [1.82, 2.24) is 9.47 Å². The van der Waals surface area contributed by atoms with Crippen molar-refractivity contribution in [2.45, 2.75) is 6.29 Å². The Morgan fingerprint density at radius 1 is 0.744 bits per heavy atom. The van der Waals surface area contributed by atoms with E-state index in [0.717, 1.165) is 39.2 Å². The number of nitrogens with zero attached hydrogens (tertiary/aromatic N) is 4. The average Bonchev–Trinajstić information content (AvgIpc) is 3.54. The highest BCUT2D eigenvalue weighted by atomic mass is 32.1. The molecule has 7 aromatic rings. The molecular weight excluding hydrogens is 496 g/mol. The molecule has 0 amide bonds. The average molecular weight is 519 g/mol. The molecule has 5 aromatic carbocycles. The molecule has 1 atom stereocenters. The van der Waals surface area contributed by atoms with E-state index in [2.05, 4.69) is 108 Å². The zero-order chi connectivity index (χ0) is 25.9. The molecule has 0 saturated carbocycles. The highest BCUT2D eigenvalue weighted by Gasteiger charge is 2.30. The van der Waals surface area contributed by atoms with E-state index >= 15 is 0 Å². The maximum Gasteiger partial charge on any atom is 0.206 e. The van der Waals surface area contributed by atoms with E-state index in [9.17, 15) is 0 Å². The molecule has 4 nitrogen and oxygen atoms in total. The molecule has 0 N–H and O–H groups in total. The third-order valence-electron chi connectivity index (χ3n) is 7.50. The van der Waals surface area contributed by atoms with Crippen molar-refractivity contribution in [3.63, 3.8) is 0 Å². The van der Waals surface area contributed by atoms with Gasteiger partial charge in [-0.05, 0) is 24.3 Å². The first-order chi connectivity index (χ1) is 19.3. The normalized spacial score (nSPS) is 15.6. The number of hydrogen-bond acceptors (Lipinski definition) is 4. The van der Waals surface area contributed by atoms with Gasteiger partial charge in [0.25, 0.3) is 0 Å². The summed E-state index contributed by atoms with van der Waals surface area (Å²) in [4.78, 5) is 12.5. The summed E-state index contributed by atoms with van der Waals surface area (Å²) >= 11 is 1.84. The Labute approximate surface area is 229 Å². The first kappa shape index (κ1) is 22.1. The lowest BCUT2D eigenvalue weighted by molar-refractivity contribution is 0.297. The van der Waals surface area contributed by atoms with Crippen molar-refractivity contribution in [2.75, 3.05) is 7.05 Å². The van der Waals surface area contributed by atoms with Crippen molar-refractivity contribution >= 4 is 65.0 Å². The van der Waals surface area contributed by atoms with Gasteiger partial charge in [0.2, 0.25) is 6.29 Å². The van der Waals surface area contributed by atoms with E-state index in [0.29, 0.717) is 0 Å². The third-order valence-corrected chi connectivity index (χ3v) is 8.70. The Bertz CT molecular complexity index is 2080. The highest BCUT2D eigenvalue weighted by Crippen LogP contribution is 2.43. The Morgan fingerprint density at radius 3 is 2.31 bits per heavy atom. The number of aliphatic imine (C=N–C) groups is 2. The number of rotatable bonds is 3. The van der Waals surface area contributed by atoms with Gasteiger partial charge in [0.1, 0.15) is 5.84 Å². The van der Waals surface area contributed by atoms with E-state index in [1.165, 1.54) is 25.6 Å². The van der Waals surface area contributed by atoms with Crippen molar-refractivity contribution in [2.24, 2.45) is 9.98 Å². The van der Waals surface area contributed by atoms with Crippen molar-refractivity contribution < 1.29 is 0 Å². The van der Waals surface area contributed by atoms with Crippen LogP contribution in [0.5, 0.6) is 0 Å². The van der Waals surface area contributed by atoms with Gasteiger partial charge in [-0.3, -0.25) is 4.57 Å². The molecule has 0 spiro atoms. The minimum absolute atomic E-state index is 0.337. The summed E-state index contributed by atoms with van der Waals surface area (Å²) in [6, 6.07) is 44.5. The molecule has 3 heterocycles. The number of fused-ring (bicyclic) bond motifs is 7. The smallest absolute Gasteiger partial charge is 0.206 e. The summed E-state index contributed by atoms with van der Waals surface area (Å²) in [5, 5.41) is 4.83. The largest absolute Gasteiger partial charge is 0.320 e. The summed E-state index contributed by atoms with van der Waals surface area (Å²) in [5.74, 6) is 1.61. The molecule has 39 heavy (non-hydrogen) atoms.